The van der Waals surface area contributed by atoms with Gasteiger partial charge >= 0.3 is 0 Å². The number of hydrogen-bond donors (Lipinski definition) is 0. The highest BCUT2D eigenvalue weighted by Gasteiger charge is 2.43. The molecule has 1 heterocycles. The Hall–Kier alpha value is -1.51. The van der Waals surface area contributed by atoms with E-state index in [1.165, 1.54) is 19.3 Å². The van der Waals surface area contributed by atoms with E-state index in [1.54, 1.807) is 7.11 Å². The number of nitrogens with zero attached hydrogens (tertiary/aromatic N) is 1. The Morgan fingerprint density at radius 1 is 1.32 bits per heavy atom. The van der Waals surface area contributed by atoms with Gasteiger partial charge in [0.05, 0.1) is 12.5 Å². The summed E-state index contributed by atoms with van der Waals surface area (Å²) < 4.78 is 5.40. The van der Waals surface area contributed by atoms with Crippen LogP contribution in [0.15, 0.2) is 24.3 Å². The first-order chi connectivity index (χ1) is 10.7. The molecule has 0 aromatic heterocycles. The Labute approximate surface area is 133 Å². The van der Waals surface area contributed by atoms with Crippen LogP contribution in [-0.2, 0) is 10.2 Å². The van der Waals surface area contributed by atoms with Crippen molar-refractivity contribution in [2.24, 2.45) is 5.92 Å². The second-order valence-electron chi connectivity index (χ2n) is 6.98. The zero-order valence-electron chi connectivity index (χ0n) is 13.8. The number of likely N-dealkylation sites (N-methyl/N-ethyl adjacent to an activating group) is 1. The van der Waals surface area contributed by atoms with Crippen LogP contribution in [0.5, 0.6) is 5.75 Å². The van der Waals surface area contributed by atoms with Crippen molar-refractivity contribution in [2.45, 2.75) is 50.4 Å². The first kappa shape index (κ1) is 15.4. The van der Waals surface area contributed by atoms with Crippen LogP contribution >= 0.6 is 0 Å². The van der Waals surface area contributed by atoms with E-state index in [4.69, 9.17) is 4.74 Å². The van der Waals surface area contributed by atoms with Gasteiger partial charge in [-0.2, -0.15) is 0 Å². The largest absolute Gasteiger partial charge is 0.497 e. The van der Waals surface area contributed by atoms with E-state index in [9.17, 15) is 4.79 Å². The highest BCUT2D eigenvalue weighted by atomic mass is 16.5. The van der Waals surface area contributed by atoms with E-state index in [-0.39, 0.29) is 5.41 Å². The predicted molar refractivity (Wildman–Crippen MR) is 88.1 cm³/mol. The van der Waals surface area contributed by atoms with E-state index in [1.807, 2.05) is 24.1 Å². The second kappa shape index (κ2) is 6.31. The smallest absolute Gasteiger partial charge is 0.232 e. The molecule has 1 saturated heterocycles. The maximum Gasteiger partial charge on any atom is 0.232 e. The van der Waals surface area contributed by atoms with Crippen molar-refractivity contribution in [1.82, 2.24) is 4.90 Å². The average molecular weight is 301 g/mol. The zero-order valence-corrected chi connectivity index (χ0v) is 13.8. The lowest BCUT2D eigenvalue weighted by Crippen LogP contribution is -2.44. The summed E-state index contributed by atoms with van der Waals surface area (Å²) in [5.74, 6) is 2.01. The topological polar surface area (TPSA) is 29.5 Å². The molecule has 0 N–H and O–H groups in total. The number of likely N-dealkylation sites (tertiary alicyclic amines) is 1. The Kier molecular flexibility index (Phi) is 4.42. The van der Waals surface area contributed by atoms with E-state index >= 15 is 0 Å². The molecule has 1 aromatic carbocycles. The van der Waals surface area contributed by atoms with Gasteiger partial charge in [0, 0.05) is 13.6 Å². The summed E-state index contributed by atoms with van der Waals surface area (Å²) in [5.41, 5.74) is 0.800. The predicted octanol–water partition coefficient (Wildman–Crippen LogP) is 3.77. The van der Waals surface area contributed by atoms with Gasteiger partial charge < -0.3 is 9.64 Å². The molecule has 1 aliphatic heterocycles. The Balaban J connectivity index is 1.97. The SMILES string of the molecule is COc1cccc([C@]2(CCC3CC3)CCCCN(C)C2=O)c1. The number of amides is 1. The maximum absolute atomic E-state index is 13.2. The number of carbonyl (C=O) groups is 1. The molecular weight excluding hydrogens is 274 g/mol. The number of methoxy groups -OCH3 is 1. The summed E-state index contributed by atoms with van der Waals surface area (Å²) >= 11 is 0. The van der Waals surface area contributed by atoms with Crippen molar-refractivity contribution in [2.75, 3.05) is 20.7 Å². The monoisotopic (exact) mass is 301 g/mol. The first-order valence-electron chi connectivity index (χ1n) is 8.56. The van der Waals surface area contributed by atoms with Crippen LogP contribution in [0.3, 0.4) is 0 Å². The van der Waals surface area contributed by atoms with Crippen LogP contribution in [0.1, 0.15) is 50.5 Å². The van der Waals surface area contributed by atoms with Gasteiger partial charge in [-0.25, -0.2) is 0 Å². The molecule has 2 fully saturated rings. The van der Waals surface area contributed by atoms with Crippen molar-refractivity contribution in [1.29, 1.82) is 0 Å². The van der Waals surface area contributed by atoms with Gasteiger partial charge in [0.1, 0.15) is 5.75 Å². The molecule has 3 heteroatoms. The van der Waals surface area contributed by atoms with Crippen LogP contribution in [0.4, 0.5) is 0 Å². The fourth-order valence-corrected chi connectivity index (χ4v) is 3.77. The normalized spacial score (nSPS) is 25.9. The highest BCUT2D eigenvalue weighted by molar-refractivity contribution is 5.88. The van der Waals surface area contributed by atoms with Crippen molar-refractivity contribution < 1.29 is 9.53 Å². The summed E-state index contributed by atoms with van der Waals surface area (Å²) in [6.45, 7) is 0.883. The quantitative estimate of drug-likeness (QED) is 0.828. The van der Waals surface area contributed by atoms with Crippen LogP contribution in [0.2, 0.25) is 0 Å². The summed E-state index contributed by atoms with van der Waals surface area (Å²) in [5, 5.41) is 0. The van der Waals surface area contributed by atoms with Gasteiger partial charge in [0.2, 0.25) is 5.91 Å². The fourth-order valence-electron chi connectivity index (χ4n) is 3.77. The molecule has 0 bridgehead atoms. The van der Waals surface area contributed by atoms with Crippen molar-refractivity contribution in [3.05, 3.63) is 29.8 Å². The van der Waals surface area contributed by atoms with Gasteiger partial charge in [-0.3, -0.25) is 4.79 Å². The Bertz CT molecular complexity index is 538. The lowest BCUT2D eigenvalue weighted by Gasteiger charge is -2.34. The molecule has 1 amide bonds. The Morgan fingerprint density at radius 3 is 2.86 bits per heavy atom. The van der Waals surface area contributed by atoms with Crippen LogP contribution in [-0.4, -0.2) is 31.5 Å². The summed E-state index contributed by atoms with van der Waals surface area (Å²) in [6.07, 6.45) is 8.05. The van der Waals surface area contributed by atoms with Gasteiger partial charge in [0.15, 0.2) is 0 Å². The number of carbonyl (C=O) groups excluding carboxylic acids is 1. The Morgan fingerprint density at radius 2 is 2.14 bits per heavy atom. The molecule has 1 saturated carbocycles. The molecule has 3 rings (SSSR count). The molecular formula is C19H27NO2. The number of ether oxygens (including phenoxy) is 1. The van der Waals surface area contributed by atoms with Gasteiger partial charge in [-0.15, -0.1) is 0 Å². The molecule has 22 heavy (non-hydrogen) atoms. The summed E-state index contributed by atoms with van der Waals surface area (Å²) in [6, 6.07) is 8.17. The lowest BCUT2D eigenvalue weighted by atomic mass is 9.72. The number of hydrogen-bond acceptors (Lipinski definition) is 2. The lowest BCUT2D eigenvalue weighted by molar-refractivity contribution is -0.136. The van der Waals surface area contributed by atoms with E-state index < -0.39 is 0 Å². The second-order valence-corrected chi connectivity index (χ2v) is 6.98. The first-order valence-corrected chi connectivity index (χ1v) is 8.56. The third-order valence-corrected chi connectivity index (χ3v) is 5.40. The minimum atomic E-state index is -0.345. The third-order valence-electron chi connectivity index (χ3n) is 5.40. The zero-order chi connectivity index (χ0) is 15.6. The van der Waals surface area contributed by atoms with Crippen LogP contribution < -0.4 is 4.74 Å². The van der Waals surface area contributed by atoms with Crippen molar-refractivity contribution in [3.63, 3.8) is 0 Å². The molecule has 1 aromatic rings. The fraction of sp³-hybridized carbons (Fsp3) is 0.632. The van der Waals surface area contributed by atoms with Crippen molar-refractivity contribution >= 4 is 5.91 Å². The molecule has 3 nitrogen and oxygen atoms in total. The number of benzene rings is 1. The maximum atomic E-state index is 13.2. The molecule has 0 spiro atoms. The van der Waals surface area contributed by atoms with E-state index in [0.717, 1.165) is 49.5 Å². The summed E-state index contributed by atoms with van der Waals surface area (Å²) in [4.78, 5) is 15.1. The molecule has 1 aliphatic carbocycles. The summed E-state index contributed by atoms with van der Waals surface area (Å²) in [7, 11) is 3.65. The van der Waals surface area contributed by atoms with E-state index in [2.05, 4.69) is 12.1 Å². The molecule has 0 radical (unpaired) electrons. The number of rotatable bonds is 5. The minimum absolute atomic E-state index is 0.305. The minimum Gasteiger partial charge on any atom is -0.497 e. The van der Waals surface area contributed by atoms with Gasteiger partial charge in [-0.1, -0.05) is 31.4 Å². The van der Waals surface area contributed by atoms with Crippen LogP contribution in [0.25, 0.3) is 0 Å². The molecule has 120 valence electrons. The van der Waals surface area contributed by atoms with Gasteiger partial charge in [-0.05, 0) is 49.3 Å². The van der Waals surface area contributed by atoms with Crippen molar-refractivity contribution in [3.8, 4) is 5.75 Å². The third kappa shape index (κ3) is 2.99. The highest BCUT2D eigenvalue weighted by Crippen LogP contribution is 2.44. The molecule has 2 aliphatic rings. The van der Waals surface area contributed by atoms with Gasteiger partial charge in [0.25, 0.3) is 0 Å². The molecule has 0 unspecified atom stereocenters. The average Bonchev–Trinajstić information content (AvgIpc) is 3.38. The standard InChI is InChI=1S/C19H27NO2/c1-20-13-4-3-11-19(18(20)21,12-10-15-8-9-15)16-6-5-7-17(14-16)22-2/h5-7,14-15H,3-4,8-13H2,1-2H3/t19-/m1/s1. The molecule has 1 atom stereocenters. The van der Waals surface area contributed by atoms with E-state index in [0.29, 0.717) is 5.91 Å². The van der Waals surface area contributed by atoms with Crippen LogP contribution in [0, 0.1) is 5.92 Å².